The van der Waals surface area contributed by atoms with Gasteiger partial charge in [-0.15, -0.1) is 0 Å². The first-order chi connectivity index (χ1) is 21.0. The number of rotatable bonds is 10. The Morgan fingerprint density at radius 2 is 0.465 bits per heavy atom. The van der Waals surface area contributed by atoms with Crippen LogP contribution in [0.4, 0.5) is 11.4 Å². The second-order valence-electron chi connectivity index (χ2n) is 9.53. The van der Waals surface area contributed by atoms with Crippen molar-refractivity contribution in [3.05, 3.63) is 146 Å². The Hall–Kier alpha value is -5.53. The minimum absolute atomic E-state index is 0.699. The predicted molar refractivity (Wildman–Crippen MR) is 172 cm³/mol. The van der Waals surface area contributed by atoms with E-state index in [-0.39, 0.29) is 0 Å². The van der Waals surface area contributed by atoms with Crippen molar-refractivity contribution >= 4 is 23.1 Å². The first-order valence-corrected chi connectivity index (χ1v) is 14.4. The third kappa shape index (κ3) is 7.81. The molecule has 0 aliphatic carbocycles. The van der Waals surface area contributed by atoms with E-state index in [1.165, 1.54) is 0 Å². The summed E-state index contributed by atoms with van der Waals surface area (Å²) in [7, 11) is 0. The molecule has 0 heterocycles. The molecule has 0 spiro atoms. The molecule has 0 atom stereocenters. The maximum atomic E-state index is 6.01. The zero-order valence-electron chi connectivity index (χ0n) is 23.1. The number of hydrogen-bond donors (Lipinski definition) is 2. The van der Waals surface area contributed by atoms with Crippen LogP contribution in [0.3, 0.4) is 0 Å². The van der Waals surface area contributed by atoms with E-state index in [0.717, 1.165) is 55.8 Å². The highest BCUT2D eigenvalue weighted by atomic mass is 32.2. The summed E-state index contributed by atoms with van der Waals surface area (Å²) >= 11 is 1.67. The van der Waals surface area contributed by atoms with Crippen molar-refractivity contribution in [1.29, 1.82) is 0 Å². The van der Waals surface area contributed by atoms with Crippen LogP contribution in [0.15, 0.2) is 155 Å². The molecule has 212 valence electrons. The molecule has 0 amide bonds. The van der Waals surface area contributed by atoms with E-state index >= 15 is 0 Å². The summed E-state index contributed by atoms with van der Waals surface area (Å²) in [6, 6.07) is 45.5. The molecule has 4 N–H and O–H groups in total. The summed E-state index contributed by atoms with van der Waals surface area (Å²) in [5.74, 6) is 5.86. The number of benzene rings is 6. The molecule has 0 aliphatic heterocycles. The van der Waals surface area contributed by atoms with Crippen LogP contribution in [0.1, 0.15) is 0 Å². The second-order valence-corrected chi connectivity index (χ2v) is 10.7. The van der Waals surface area contributed by atoms with Crippen molar-refractivity contribution < 1.29 is 18.9 Å². The monoisotopic (exact) mass is 584 g/mol. The highest BCUT2D eigenvalue weighted by Gasteiger charge is 2.05. The molecule has 0 bridgehead atoms. The molecule has 6 aromatic rings. The quantitative estimate of drug-likeness (QED) is 0.155. The summed E-state index contributed by atoms with van der Waals surface area (Å²) in [5.41, 5.74) is 12.9. The molecule has 0 saturated carbocycles. The van der Waals surface area contributed by atoms with Crippen LogP contribution in [0.2, 0.25) is 0 Å². The van der Waals surface area contributed by atoms with E-state index in [4.69, 9.17) is 30.4 Å². The molecule has 0 fully saturated rings. The van der Waals surface area contributed by atoms with Gasteiger partial charge in [-0.3, -0.25) is 0 Å². The molecule has 43 heavy (non-hydrogen) atoms. The predicted octanol–water partition coefficient (Wildman–Crippen LogP) is 10.2. The normalized spacial score (nSPS) is 10.6. The number of ether oxygens (including phenoxy) is 4. The Bertz CT molecular complexity index is 1620. The van der Waals surface area contributed by atoms with Crippen molar-refractivity contribution in [3.8, 4) is 46.0 Å². The maximum absolute atomic E-state index is 6.01. The largest absolute Gasteiger partial charge is 0.457 e. The fourth-order valence-electron chi connectivity index (χ4n) is 4.06. The van der Waals surface area contributed by atoms with Crippen LogP contribution in [0.5, 0.6) is 46.0 Å². The SMILES string of the molecule is Nc1ccc(Oc2ccc(Oc3ccc(Sc4ccc(Oc5ccc(Oc6ccc(N)cc6)cc5)cc4)cc3)cc2)cc1. The summed E-state index contributed by atoms with van der Waals surface area (Å²) in [6.07, 6.45) is 0. The zero-order valence-corrected chi connectivity index (χ0v) is 23.9. The fraction of sp³-hybridized carbons (Fsp3) is 0. The Morgan fingerprint density at radius 3 is 0.698 bits per heavy atom. The maximum Gasteiger partial charge on any atom is 0.127 e. The third-order valence-electron chi connectivity index (χ3n) is 6.23. The molecule has 7 heteroatoms. The molecular formula is C36H28N2O4S. The zero-order chi connectivity index (χ0) is 29.4. The Balaban J connectivity index is 0.988. The molecule has 6 aromatic carbocycles. The highest BCUT2D eigenvalue weighted by molar-refractivity contribution is 7.99. The van der Waals surface area contributed by atoms with Crippen molar-refractivity contribution in [3.63, 3.8) is 0 Å². The topological polar surface area (TPSA) is 89.0 Å². The molecule has 0 saturated heterocycles. The number of hydrogen-bond acceptors (Lipinski definition) is 7. The smallest absolute Gasteiger partial charge is 0.127 e. The van der Waals surface area contributed by atoms with E-state index in [1.807, 2.05) is 121 Å². The van der Waals surface area contributed by atoms with Crippen LogP contribution in [0.25, 0.3) is 0 Å². The second kappa shape index (κ2) is 13.0. The lowest BCUT2D eigenvalue weighted by atomic mass is 10.3. The summed E-state index contributed by atoms with van der Waals surface area (Å²) in [4.78, 5) is 2.20. The van der Waals surface area contributed by atoms with Gasteiger partial charge in [0, 0.05) is 21.2 Å². The summed E-state index contributed by atoms with van der Waals surface area (Å²) in [6.45, 7) is 0. The minimum atomic E-state index is 0.699. The van der Waals surface area contributed by atoms with E-state index in [1.54, 1.807) is 36.0 Å². The van der Waals surface area contributed by atoms with E-state index < -0.39 is 0 Å². The van der Waals surface area contributed by atoms with Gasteiger partial charge in [-0.25, -0.2) is 0 Å². The van der Waals surface area contributed by atoms with Crippen LogP contribution >= 0.6 is 11.8 Å². The molecule has 0 radical (unpaired) electrons. The molecule has 0 aromatic heterocycles. The molecular weight excluding hydrogens is 556 g/mol. The van der Waals surface area contributed by atoms with Gasteiger partial charge in [0.2, 0.25) is 0 Å². The van der Waals surface area contributed by atoms with Crippen LogP contribution < -0.4 is 30.4 Å². The van der Waals surface area contributed by atoms with Gasteiger partial charge in [0.15, 0.2) is 0 Å². The molecule has 0 unspecified atom stereocenters. The highest BCUT2D eigenvalue weighted by Crippen LogP contribution is 2.33. The van der Waals surface area contributed by atoms with Crippen molar-refractivity contribution in [2.24, 2.45) is 0 Å². The molecule has 0 aliphatic rings. The lowest BCUT2D eigenvalue weighted by Gasteiger charge is -2.10. The summed E-state index contributed by atoms with van der Waals surface area (Å²) in [5, 5.41) is 0. The fourth-order valence-corrected chi connectivity index (χ4v) is 4.87. The Kier molecular flexibility index (Phi) is 8.34. The lowest BCUT2D eigenvalue weighted by Crippen LogP contribution is -1.88. The number of anilines is 2. The van der Waals surface area contributed by atoms with Gasteiger partial charge < -0.3 is 30.4 Å². The summed E-state index contributed by atoms with van der Waals surface area (Å²) < 4.78 is 23.7. The first-order valence-electron chi connectivity index (χ1n) is 13.5. The van der Waals surface area contributed by atoms with Gasteiger partial charge in [-0.2, -0.15) is 0 Å². The van der Waals surface area contributed by atoms with E-state index in [0.29, 0.717) is 11.4 Å². The average Bonchev–Trinajstić information content (AvgIpc) is 3.03. The van der Waals surface area contributed by atoms with Crippen LogP contribution in [-0.4, -0.2) is 0 Å². The van der Waals surface area contributed by atoms with Crippen LogP contribution in [-0.2, 0) is 0 Å². The Labute approximate surface area is 254 Å². The van der Waals surface area contributed by atoms with Gasteiger partial charge in [-0.05, 0) is 146 Å². The van der Waals surface area contributed by atoms with Gasteiger partial charge in [0.25, 0.3) is 0 Å². The number of nitrogens with two attached hydrogens (primary N) is 2. The van der Waals surface area contributed by atoms with Crippen molar-refractivity contribution in [2.45, 2.75) is 9.79 Å². The van der Waals surface area contributed by atoms with Gasteiger partial charge in [0.05, 0.1) is 0 Å². The number of nitrogen functional groups attached to an aromatic ring is 2. The van der Waals surface area contributed by atoms with E-state index in [9.17, 15) is 0 Å². The minimum Gasteiger partial charge on any atom is -0.457 e. The van der Waals surface area contributed by atoms with Gasteiger partial charge in [-0.1, -0.05) is 11.8 Å². The van der Waals surface area contributed by atoms with Gasteiger partial charge >= 0.3 is 0 Å². The lowest BCUT2D eigenvalue weighted by molar-refractivity contribution is 0.469. The third-order valence-corrected chi connectivity index (χ3v) is 7.25. The standard InChI is InChI=1S/C36H28N2O4S/c37-25-1-5-27(6-2-25)39-29-9-13-31(14-10-29)41-33-17-21-35(22-18-33)43-36-23-19-34(20-24-36)42-32-15-11-30(12-16-32)40-28-7-3-26(38)4-8-28/h1-24H,37-38H2. The van der Waals surface area contributed by atoms with Crippen molar-refractivity contribution in [2.75, 3.05) is 11.5 Å². The first kappa shape index (κ1) is 27.6. The molecule has 6 rings (SSSR count). The van der Waals surface area contributed by atoms with Crippen LogP contribution in [0, 0.1) is 0 Å². The van der Waals surface area contributed by atoms with Crippen molar-refractivity contribution in [1.82, 2.24) is 0 Å². The average molecular weight is 585 g/mol. The Morgan fingerprint density at radius 1 is 0.279 bits per heavy atom. The molecule has 6 nitrogen and oxygen atoms in total. The van der Waals surface area contributed by atoms with E-state index in [2.05, 4.69) is 0 Å². The van der Waals surface area contributed by atoms with Gasteiger partial charge in [0.1, 0.15) is 46.0 Å².